The smallest absolute Gasteiger partial charge is 0.320 e. The molecule has 0 unspecified atom stereocenters. The minimum Gasteiger partial charge on any atom is -0.320 e. The maximum atomic E-state index is 12.7. The molecule has 8 heteroatoms. The molecule has 2 amide bonds. The van der Waals surface area contributed by atoms with Crippen molar-refractivity contribution in [3.8, 4) is 6.07 Å². The highest BCUT2D eigenvalue weighted by Crippen LogP contribution is 2.36. The molecule has 3 rings (SSSR count). The number of nitriles is 1. The number of carbonyl (C=O) groups excluding carboxylic acids is 1. The molecule has 2 aromatic carbocycles. The van der Waals surface area contributed by atoms with Gasteiger partial charge in [-0.1, -0.05) is 23.7 Å². The van der Waals surface area contributed by atoms with E-state index in [0.29, 0.717) is 18.5 Å². The third-order valence-corrected chi connectivity index (χ3v) is 4.52. The second-order valence-electron chi connectivity index (χ2n) is 5.85. The van der Waals surface area contributed by atoms with Gasteiger partial charge in [-0.3, -0.25) is 0 Å². The van der Waals surface area contributed by atoms with Crippen molar-refractivity contribution < 1.29 is 18.0 Å². The highest BCUT2D eigenvalue weighted by molar-refractivity contribution is 6.31. The molecule has 0 aliphatic carbocycles. The zero-order valence-electron chi connectivity index (χ0n) is 13.4. The summed E-state index contributed by atoms with van der Waals surface area (Å²) >= 11 is 5.67. The number of nitrogens with zero attached hydrogens (tertiary/aromatic N) is 2. The summed E-state index contributed by atoms with van der Waals surface area (Å²) < 4.78 is 38.2. The van der Waals surface area contributed by atoms with Crippen molar-refractivity contribution in [3.05, 3.63) is 63.7 Å². The van der Waals surface area contributed by atoms with Crippen LogP contribution in [-0.4, -0.2) is 17.5 Å². The SMILES string of the molecule is N#Cc1cccc2c1CN(C(=O)Nc1ccc(C(F)(F)F)c(Cl)c1)CC2. The Morgan fingerprint density at radius 3 is 2.69 bits per heavy atom. The van der Waals surface area contributed by atoms with E-state index in [1.165, 1.54) is 4.90 Å². The van der Waals surface area contributed by atoms with Crippen LogP contribution in [0.25, 0.3) is 0 Å². The summed E-state index contributed by atoms with van der Waals surface area (Å²) in [5.74, 6) is 0. The third kappa shape index (κ3) is 3.60. The molecule has 0 fully saturated rings. The number of alkyl halides is 3. The van der Waals surface area contributed by atoms with E-state index in [9.17, 15) is 23.2 Å². The van der Waals surface area contributed by atoms with Crippen molar-refractivity contribution >= 4 is 23.3 Å². The Hall–Kier alpha value is -2.72. The van der Waals surface area contributed by atoms with Crippen molar-refractivity contribution in [3.63, 3.8) is 0 Å². The van der Waals surface area contributed by atoms with Crippen LogP contribution in [0.5, 0.6) is 0 Å². The first kappa shape index (κ1) is 18.1. The highest BCUT2D eigenvalue weighted by atomic mass is 35.5. The summed E-state index contributed by atoms with van der Waals surface area (Å²) in [6.07, 6.45) is -3.95. The van der Waals surface area contributed by atoms with Gasteiger partial charge in [-0.15, -0.1) is 0 Å². The zero-order chi connectivity index (χ0) is 18.9. The molecular weight excluding hydrogens is 367 g/mol. The second kappa shape index (κ2) is 6.89. The number of fused-ring (bicyclic) bond motifs is 1. The van der Waals surface area contributed by atoms with Crippen LogP contribution >= 0.6 is 11.6 Å². The Morgan fingerprint density at radius 2 is 2.04 bits per heavy atom. The molecule has 134 valence electrons. The second-order valence-corrected chi connectivity index (χ2v) is 6.26. The Labute approximate surface area is 152 Å². The molecule has 1 aliphatic rings. The predicted molar refractivity (Wildman–Crippen MR) is 90.7 cm³/mol. The molecule has 1 N–H and O–H groups in total. The summed E-state index contributed by atoms with van der Waals surface area (Å²) in [5, 5.41) is 11.3. The third-order valence-electron chi connectivity index (χ3n) is 4.21. The normalized spacial score (nSPS) is 13.7. The van der Waals surface area contributed by atoms with Crippen molar-refractivity contribution in [1.82, 2.24) is 4.90 Å². The molecule has 26 heavy (non-hydrogen) atoms. The molecule has 4 nitrogen and oxygen atoms in total. The van der Waals surface area contributed by atoms with Gasteiger partial charge in [-0.25, -0.2) is 4.79 Å². The van der Waals surface area contributed by atoms with Gasteiger partial charge in [0.05, 0.1) is 22.2 Å². The number of rotatable bonds is 1. The number of halogens is 4. The number of hydrogen-bond donors (Lipinski definition) is 1. The van der Waals surface area contributed by atoms with E-state index < -0.39 is 22.8 Å². The summed E-state index contributed by atoms with van der Waals surface area (Å²) in [7, 11) is 0. The molecular formula is C18H13ClF3N3O. The van der Waals surface area contributed by atoms with Crippen molar-refractivity contribution in [2.75, 3.05) is 11.9 Å². The van der Waals surface area contributed by atoms with Gasteiger partial charge in [0.1, 0.15) is 0 Å². The average molecular weight is 380 g/mol. The van der Waals surface area contributed by atoms with Gasteiger partial charge in [0.2, 0.25) is 0 Å². The van der Waals surface area contributed by atoms with E-state index in [2.05, 4.69) is 11.4 Å². The Bertz CT molecular complexity index is 906. The molecule has 0 atom stereocenters. The maximum Gasteiger partial charge on any atom is 0.417 e. The van der Waals surface area contributed by atoms with Crippen molar-refractivity contribution in [1.29, 1.82) is 5.26 Å². The van der Waals surface area contributed by atoms with E-state index in [1.807, 2.05) is 6.07 Å². The van der Waals surface area contributed by atoms with Crippen LogP contribution < -0.4 is 5.32 Å². The molecule has 0 saturated carbocycles. The van der Waals surface area contributed by atoms with Crippen LogP contribution in [0.1, 0.15) is 22.3 Å². The molecule has 0 aromatic heterocycles. The topological polar surface area (TPSA) is 56.1 Å². The molecule has 1 heterocycles. The van der Waals surface area contributed by atoms with Gasteiger partial charge in [0.25, 0.3) is 0 Å². The van der Waals surface area contributed by atoms with Gasteiger partial charge in [0.15, 0.2) is 0 Å². The fraction of sp³-hybridized carbons (Fsp3) is 0.222. The average Bonchev–Trinajstić information content (AvgIpc) is 2.59. The van der Waals surface area contributed by atoms with E-state index in [1.54, 1.807) is 12.1 Å². The monoisotopic (exact) mass is 379 g/mol. The highest BCUT2D eigenvalue weighted by Gasteiger charge is 2.33. The van der Waals surface area contributed by atoms with Gasteiger partial charge >= 0.3 is 12.2 Å². The van der Waals surface area contributed by atoms with E-state index in [4.69, 9.17) is 11.6 Å². The first-order valence-corrected chi connectivity index (χ1v) is 8.11. The van der Waals surface area contributed by atoms with Gasteiger partial charge in [-0.05, 0) is 41.8 Å². The summed E-state index contributed by atoms with van der Waals surface area (Å²) in [4.78, 5) is 13.9. The Balaban J connectivity index is 1.75. The summed E-state index contributed by atoms with van der Waals surface area (Å²) in [6.45, 7) is 0.710. The number of hydrogen-bond acceptors (Lipinski definition) is 2. The van der Waals surface area contributed by atoms with E-state index in [-0.39, 0.29) is 12.2 Å². The van der Waals surface area contributed by atoms with Gasteiger partial charge in [0, 0.05) is 18.8 Å². The lowest BCUT2D eigenvalue weighted by Crippen LogP contribution is -2.39. The first-order chi connectivity index (χ1) is 12.3. The minimum absolute atomic E-state index is 0.173. The molecule has 1 aliphatic heterocycles. The lowest BCUT2D eigenvalue weighted by Gasteiger charge is -2.29. The molecule has 0 saturated heterocycles. The lowest BCUT2D eigenvalue weighted by atomic mass is 9.95. The van der Waals surface area contributed by atoms with Crippen LogP contribution in [-0.2, 0) is 19.1 Å². The fourth-order valence-electron chi connectivity index (χ4n) is 2.88. The number of amides is 2. The molecule has 0 spiro atoms. The predicted octanol–water partition coefficient (Wildman–Crippen LogP) is 4.82. The zero-order valence-corrected chi connectivity index (χ0v) is 14.2. The number of nitrogens with one attached hydrogen (secondary N) is 1. The van der Waals surface area contributed by atoms with Crippen molar-refractivity contribution in [2.24, 2.45) is 0 Å². The number of anilines is 1. The standard InChI is InChI=1S/C18H13ClF3N3O/c19-16-8-13(4-5-15(16)18(20,21)22)24-17(26)25-7-6-11-2-1-3-12(9-23)14(11)10-25/h1-5,8H,6-7,10H2,(H,24,26). The summed E-state index contributed by atoms with van der Waals surface area (Å²) in [6, 6.07) is 10.1. The molecule has 0 bridgehead atoms. The number of urea groups is 1. The largest absolute Gasteiger partial charge is 0.417 e. The number of carbonyl (C=O) groups is 1. The van der Waals surface area contributed by atoms with Crippen LogP contribution in [0, 0.1) is 11.3 Å². The molecule has 2 aromatic rings. The van der Waals surface area contributed by atoms with Crippen molar-refractivity contribution in [2.45, 2.75) is 19.1 Å². The Morgan fingerprint density at radius 1 is 1.27 bits per heavy atom. The first-order valence-electron chi connectivity index (χ1n) is 7.73. The minimum atomic E-state index is -4.55. The fourth-order valence-corrected chi connectivity index (χ4v) is 3.17. The summed E-state index contributed by atoms with van der Waals surface area (Å²) in [5.41, 5.74) is 1.54. The van der Waals surface area contributed by atoms with E-state index in [0.717, 1.165) is 29.3 Å². The van der Waals surface area contributed by atoms with Crippen LogP contribution in [0.15, 0.2) is 36.4 Å². The lowest BCUT2D eigenvalue weighted by molar-refractivity contribution is -0.137. The van der Waals surface area contributed by atoms with Crippen LogP contribution in [0.4, 0.5) is 23.7 Å². The maximum absolute atomic E-state index is 12.7. The van der Waals surface area contributed by atoms with Crippen LogP contribution in [0.2, 0.25) is 5.02 Å². The van der Waals surface area contributed by atoms with E-state index >= 15 is 0 Å². The number of benzene rings is 2. The Kier molecular flexibility index (Phi) is 4.79. The van der Waals surface area contributed by atoms with Crippen LogP contribution in [0.3, 0.4) is 0 Å². The van der Waals surface area contributed by atoms with Gasteiger partial charge in [-0.2, -0.15) is 18.4 Å². The van der Waals surface area contributed by atoms with Gasteiger partial charge < -0.3 is 10.2 Å². The quantitative estimate of drug-likeness (QED) is 0.772. The molecule has 0 radical (unpaired) electrons.